The quantitative estimate of drug-likeness (QED) is 0.848. The van der Waals surface area contributed by atoms with Gasteiger partial charge >= 0.3 is 0 Å². The first-order valence-electron chi connectivity index (χ1n) is 7.29. The molecule has 3 heteroatoms. The molecule has 1 fully saturated rings. The Balaban J connectivity index is 1.82. The van der Waals surface area contributed by atoms with Crippen LogP contribution in [0.4, 0.5) is 0 Å². The molecule has 2 rings (SSSR count). The van der Waals surface area contributed by atoms with Crippen molar-refractivity contribution in [3.05, 3.63) is 22.4 Å². The van der Waals surface area contributed by atoms with E-state index in [2.05, 4.69) is 41.6 Å². The molecular formula is C15H26N2S. The Kier molecular flexibility index (Phi) is 5.67. The number of hydrogen-bond acceptors (Lipinski definition) is 3. The summed E-state index contributed by atoms with van der Waals surface area (Å²) in [6, 6.07) is 5.82. The van der Waals surface area contributed by atoms with Crippen molar-refractivity contribution in [3.63, 3.8) is 0 Å². The van der Waals surface area contributed by atoms with Crippen LogP contribution in [-0.4, -0.2) is 30.1 Å². The minimum absolute atomic E-state index is 0.674. The third kappa shape index (κ3) is 4.08. The highest BCUT2D eigenvalue weighted by Crippen LogP contribution is 2.18. The molecule has 2 heterocycles. The minimum Gasteiger partial charge on any atom is -0.314 e. The van der Waals surface area contributed by atoms with Crippen LogP contribution in [0.1, 0.15) is 44.4 Å². The molecule has 1 aliphatic rings. The van der Waals surface area contributed by atoms with E-state index in [1.807, 2.05) is 11.3 Å². The van der Waals surface area contributed by atoms with Crippen LogP contribution in [0.25, 0.3) is 0 Å². The van der Waals surface area contributed by atoms with Gasteiger partial charge in [-0.2, -0.15) is 0 Å². The van der Waals surface area contributed by atoms with E-state index in [0.717, 1.165) is 19.1 Å². The molecular weight excluding hydrogens is 240 g/mol. The van der Waals surface area contributed by atoms with Crippen molar-refractivity contribution in [1.29, 1.82) is 0 Å². The van der Waals surface area contributed by atoms with Gasteiger partial charge in [0, 0.05) is 23.5 Å². The first kappa shape index (κ1) is 14.0. The fourth-order valence-electron chi connectivity index (χ4n) is 2.87. The lowest BCUT2D eigenvalue weighted by Crippen LogP contribution is -2.41. The molecule has 0 spiro atoms. The van der Waals surface area contributed by atoms with Crippen molar-refractivity contribution in [2.75, 3.05) is 13.1 Å². The zero-order valence-corrected chi connectivity index (χ0v) is 12.5. The second-order valence-corrected chi connectivity index (χ2v) is 6.41. The second-order valence-electron chi connectivity index (χ2n) is 5.37. The van der Waals surface area contributed by atoms with E-state index in [9.17, 15) is 0 Å². The fraction of sp³-hybridized carbons (Fsp3) is 0.733. The number of rotatable bonds is 6. The second kappa shape index (κ2) is 7.27. The van der Waals surface area contributed by atoms with Gasteiger partial charge in [-0.15, -0.1) is 11.3 Å². The summed E-state index contributed by atoms with van der Waals surface area (Å²) in [6.07, 6.45) is 5.42. The van der Waals surface area contributed by atoms with Crippen LogP contribution in [0.5, 0.6) is 0 Å². The van der Waals surface area contributed by atoms with Crippen LogP contribution in [-0.2, 0) is 6.54 Å². The van der Waals surface area contributed by atoms with Gasteiger partial charge in [0.05, 0.1) is 0 Å². The van der Waals surface area contributed by atoms with Gasteiger partial charge in [0.1, 0.15) is 0 Å². The van der Waals surface area contributed by atoms with Crippen LogP contribution >= 0.6 is 11.3 Å². The highest BCUT2D eigenvalue weighted by atomic mass is 32.1. The summed E-state index contributed by atoms with van der Waals surface area (Å²) in [5.41, 5.74) is 0. The Morgan fingerprint density at radius 3 is 3.00 bits per heavy atom. The van der Waals surface area contributed by atoms with Crippen LogP contribution in [0.15, 0.2) is 17.5 Å². The van der Waals surface area contributed by atoms with Crippen molar-refractivity contribution in [1.82, 2.24) is 10.2 Å². The predicted octanol–water partition coefficient (Wildman–Crippen LogP) is 3.49. The molecule has 18 heavy (non-hydrogen) atoms. The smallest absolute Gasteiger partial charge is 0.0330 e. The standard InChI is InChI=1S/C15H26N2S/c1-3-17(12-15-8-6-10-18-15)13(2)11-14-7-4-5-9-16-14/h6,8,10,13-14,16H,3-5,7,9,11-12H2,1-2H3. The first-order valence-corrected chi connectivity index (χ1v) is 8.17. The Morgan fingerprint density at radius 1 is 1.50 bits per heavy atom. The van der Waals surface area contributed by atoms with Crippen molar-refractivity contribution in [2.24, 2.45) is 0 Å². The zero-order valence-electron chi connectivity index (χ0n) is 11.7. The Bertz CT molecular complexity index is 317. The lowest BCUT2D eigenvalue weighted by molar-refractivity contribution is 0.181. The van der Waals surface area contributed by atoms with Gasteiger partial charge in [-0.05, 0) is 50.7 Å². The van der Waals surface area contributed by atoms with E-state index in [1.54, 1.807) is 0 Å². The maximum absolute atomic E-state index is 3.66. The molecule has 102 valence electrons. The van der Waals surface area contributed by atoms with Crippen LogP contribution in [0.3, 0.4) is 0 Å². The molecule has 1 aromatic heterocycles. The molecule has 0 bridgehead atoms. The van der Waals surface area contributed by atoms with Crippen molar-refractivity contribution >= 4 is 11.3 Å². The number of nitrogens with one attached hydrogen (secondary N) is 1. The molecule has 1 N–H and O–H groups in total. The Hall–Kier alpha value is -0.380. The van der Waals surface area contributed by atoms with Crippen LogP contribution < -0.4 is 5.32 Å². The summed E-state index contributed by atoms with van der Waals surface area (Å²) in [6.45, 7) is 8.13. The van der Waals surface area contributed by atoms with E-state index >= 15 is 0 Å². The minimum atomic E-state index is 0.674. The maximum atomic E-state index is 3.66. The summed E-state index contributed by atoms with van der Waals surface area (Å²) in [4.78, 5) is 4.09. The topological polar surface area (TPSA) is 15.3 Å². The molecule has 1 saturated heterocycles. The van der Waals surface area contributed by atoms with E-state index in [0.29, 0.717) is 6.04 Å². The van der Waals surface area contributed by atoms with Gasteiger partial charge in [0.2, 0.25) is 0 Å². The molecule has 2 nitrogen and oxygen atoms in total. The summed E-state index contributed by atoms with van der Waals surface area (Å²) >= 11 is 1.87. The van der Waals surface area contributed by atoms with Gasteiger partial charge in [0.25, 0.3) is 0 Å². The predicted molar refractivity (Wildman–Crippen MR) is 80.1 cm³/mol. The average molecular weight is 266 g/mol. The Labute approximate surface area is 115 Å². The zero-order chi connectivity index (χ0) is 12.8. The number of hydrogen-bond donors (Lipinski definition) is 1. The summed E-state index contributed by atoms with van der Waals surface area (Å²) in [5.74, 6) is 0. The highest BCUT2D eigenvalue weighted by Gasteiger charge is 2.19. The highest BCUT2D eigenvalue weighted by molar-refractivity contribution is 7.09. The van der Waals surface area contributed by atoms with Crippen molar-refractivity contribution < 1.29 is 0 Å². The van der Waals surface area contributed by atoms with Gasteiger partial charge < -0.3 is 5.32 Å². The normalized spacial score (nSPS) is 22.3. The number of piperidine rings is 1. The molecule has 0 aromatic carbocycles. The van der Waals surface area contributed by atoms with Crippen LogP contribution in [0, 0.1) is 0 Å². The van der Waals surface area contributed by atoms with Gasteiger partial charge in [-0.25, -0.2) is 0 Å². The number of nitrogens with zero attached hydrogens (tertiary/aromatic N) is 1. The van der Waals surface area contributed by atoms with Gasteiger partial charge in [0.15, 0.2) is 0 Å². The molecule has 0 saturated carbocycles. The monoisotopic (exact) mass is 266 g/mol. The van der Waals surface area contributed by atoms with Crippen LogP contribution in [0.2, 0.25) is 0 Å². The van der Waals surface area contributed by atoms with Crippen molar-refractivity contribution in [2.45, 2.75) is 58.2 Å². The molecule has 1 aromatic rings. The summed E-state index contributed by atoms with van der Waals surface area (Å²) < 4.78 is 0. The largest absolute Gasteiger partial charge is 0.314 e. The van der Waals surface area contributed by atoms with Gasteiger partial charge in [-0.1, -0.05) is 19.4 Å². The lowest BCUT2D eigenvalue weighted by Gasteiger charge is -2.32. The summed E-state index contributed by atoms with van der Waals surface area (Å²) in [7, 11) is 0. The van der Waals surface area contributed by atoms with Crippen molar-refractivity contribution in [3.8, 4) is 0 Å². The van der Waals surface area contributed by atoms with E-state index in [4.69, 9.17) is 0 Å². The number of thiophene rings is 1. The molecule has 1 aliphatic heterocycles. The summed E-state index contributed by atoms with van der Waals surface area (Å²) in [5, 5.41) is 5.84. The third-order valence-corrected chi connectivity index (χ3v) is 4.87. The molecule has 0 amide bonds. The molecule has 2 atom stereocenters. The Morgan fingerprint density at radius 2 is 2.39 bits per heavy atom. The lowest BCUT2D eigenvalue weighted by atomic mass is 9.98. The van der Waals surface area contributed by atoms with E-state index in [-0.39, 0.29) is 0 Å². The van der Waals surface area contributed by atoms with E-state index in [1.165, 1.54) is 37.1 Å². The fourth-order valence-corrected chi connectivity index (χ4v) is 3.60. The average Bonchev–Trinajstić information content (AvgIpc) is 2.90. The van der Waals surface area contributed by atoms with Gasteiger partial charge in [-0.3, -0.25) is 4.90 Å². The molecule has 2 unspecified atom stereocenters. The first-order chi connectivity index (χ1) is 8.79. The maximum Gasteiger partial charge on any atom is 0.0330 e. The van der Waals surface area contributed by atoms with E-state index < -0.39 is 0 Å². The molecule has 0 aliphatic carbocycles. The SMILES string of the molecule is CCN(Cc1cccs1)C(C)CC1CCCCN1. The molecule has 0 radical (unpaired) electrons. The third-order valence-electron chi connectivity index (χ3n) is 4.01.